The van der Waals surface area contributed by atoms with Crippen molar-refractivity contribution in [3.05, 3.63) is 0 Å². The molecule has 1 saturated heterocycles. The smallest absolute Gasteiger partial charge is 0.0824 e. The number of rotatable bonds is 3. The second-order valence-corrected chi connectivity index (χ2v) is 2.50. The molecule has 1 rings (SSSR count). The Morgan fingerprint density at radius 3 is 3.20 bits per heavy atom. The fraction of sp³-hybridized carbons (Fsp3) is 1.00. The summed E-state index contributed by atoms with van der Waals surface area (Å²) in [5.74, 6) is 0. The van der Waals surface area contributed by atoms with Gasteiger partial charge >= 0.3 is 0 Å². The number of likely N-dealkylation sites (N-methyl/N-ethyl adjacent to an activating group) is 1. The lowest BCUT2D eigenvalue weighted by molar-refractivity contribution is 0.0296. The van der Waals surface area contributed by atoms with E-state index in [0.717, 1.165) is 32.8 Å². The van der Waals surface area contributed by atoms with Crippen LogP contribution in [0.2, 0.25) is 0 Å². The SMILES string of the molecule is CCNCC1CNCCO1. The van der Waals surface area contributed by atoms with Crippen LogP contribution in [0.25, 0.3) is 0 Å². The van der Waals surface area contributed by atoms with Crippen LogP contribution >= 0.6 is 0 Å². The predicted octanol–water partition coefficient (Wildman–Crippen LogP) is -0.416. The molecule has 0 spiro atoms. The summed E-state index contributed by atoms with van der Waals surface area (Å²) < 4.78 is 5.46. The van der Waals surface area contributed by atoms with Gasteiger partial charge in [0.1, 0.15) is 0 Å². The molecule has 1 aliphatic heterocycles. The normalized spacial score (nSPS) is 26.7. The van der Waals surface area contributed by atoms with Crippen LogP contribution in [0.4, 0.5) is 0 Å². The molecule has 1 atom stereocenters. The summed E-state index contributed by atoms with van der Waals surface area (Å²) in [6.07, 6.45) is 0.383. The summed E-state index contributed by atoms with van der Waals surface area (Å²) in [5.41, 5.74) is 0. The highest BCUT2D eigenvalue weighted by Gasteiger charge is 2.11. The van der Waals surface area contributed by atoms with Gasteiger partial charge in [0, 0.05) is 19.6 Å². The molecule has 10 heavy (non-hydrogen) atoms. The molecule has 0 amide bonds. The second kappa shape index (κ2) is 4.66. The van der Waals surface area contributed by atoms with E-state index < -0.39 is 0 Å². The van der Waals surface area contributed by atoms with Crippen LogP contribution < -0.4 is 10.6 Å². The molecule has 1 fully saturated rings. The fourth-order valence-corrected chi connectivity index (χ4v) is 1.06. The zero-order valence-corrected chi connectivity index (χ0v) is 6.52. The van der Waals surface area contributed by atoms with Crippen molar-refractivity contribution in [3.63, 3.8) is 0 Å². The Balaban J connectivity index is 2.02. The van der Waals surface area contributed by atoms with Crippen LogP contribution in [0.15, 0.2) is 0 Å². The van der Waals surface area contributed by atoms with Gasteiger partial charge in [-0.25, -0.2) is 0 Å². The lowest BCUT2D eigenvalue weighted by Gasteiger charge is -2.23. The third kappa shape index (κ3) is 2.64. The van der Waals surface area contributed by atoms with E-state index in [1.165, 1.54) is 0 Å². The van der Waals surface area contributed by atoms with Crippen molar-refractivity contribution in [3.8, 4) is 0 Å². The van der Waals surface area contributed by atoms with Gasteiger partial charge in [-0.1, -0.05) is 6.92 Å². The number of nitrogens with one attached hydrogen (secondary N) is 2. The predicted molar refractivity (Wildman–Crippen MR) is 41.2 cm³/mol. The highest BCUT2D eigenvalue weighted by molar-refractivity contribution is 4.68. The zero-order valence-electron chi connectivity index (χ0n) is 6.52. The van der Waals surface area contributed by atoms with Gasteiger partial charge in [0.05, 0.1) is 12.7 Å². The Morgan fingerprint density at radius 2 is 2.60 bits per heavy atom. The first-order valence-electron chi connectivity index (χ1n) is 3.96. The van der Waals surface area contributed by atoms with E-state index in [-0.39, 0.29) is 0 Å². The van der Waals surface area contributed by atoms with Crippen molar-refractivity contribution in [1.29, 1.82) is 0 Å². The van der Waals surface area contributed by atoms with Crippen molar-refractivity contribution in [2.45, 2.75) is 13.0 Å². The summed E-state index contributed by atoms with van der Waals surface area (Å²) in [4.78, 5) is 0. The minimum atomic E-state index is 0.383. The molecule has 0 aromatic heterocycles. The summed E-state index contributed by atoms with van der Waals surface area (Å²) in [7, 11) is 0. The van der Waals surface area contributed by atoms with Crippen molar-refractivity contribution >= 4 is 0 Å². The molecule has 3 nitrogen and oxygen atoms in total. The summed E-state index contributed by atoms with van der Waals surface area (Å²) in [6.45, 7) is 6.96. The van der Waals surface area contributed by atoms with Crippen LogP contribution in [0.5, 0.6) is 0 Å². The first-order valence-corrected chi connectivity index (χ1v) is 3.96. The lowest BCUT2D eigenvalue weighted by atomic mass is 10.3. The van der Waals surface area contributed by atoms with E-state index in [1.807, 2.05) is 0 Å². The summed E-state index contributed by atoms with van der Waals surface area (Å²) in [6, 6.07) is 0. The highest BCUT2D eigenvalue weighted by atomic mass is 16.5. The average molecular weight is 144 g/mol. The lowest BCUT2D eigenvalue weighted by Crippen LogP contribution is -2.43. The molecule has 0 radical (unpaired) electrons. The largest absolute Gasteiger partial charge is 0.374 e. The molecular formula is C7H16N2O. The molecule has 3 heteroatoms. The highest BCUT2D eigenvalue weighted by Crippen LogP contribution is 1.92. The Hall–Kier alpha value is -0.120. The number of hydrogen-bond acceptors (Lipinski definition) is 3. The Morgan fingerprint density at radius 1 is 1.70 bits per heavy atom. The summed E-state index contributed by atoms with van der Waals surface area (Å²) >= 11 is 0. The van der Waals surface area contributed by atoms with E-state index in [2.05, 4.69) is 17.6 Å². The molecule has 0 aromatic rings. The van der Waals surface area contributed by atoms with Crippen LogP contribution in [0, 0.1) is 0 Å². The molecule has 2 N–H and O–H groups in total. The maximum atomic E-state index is 5.46. The van der Waals surface area contributed by atoms with E-state index >= 15 is 0 Å². The van der Waals surface area contributed by atoms with Gasteiger partial charge in [0.25, 0.3) is 0 Å². The molecule has 1 aliphatic rings. The standard InChI is InChI=1S/C7H16N2O/c1-2-8-5-7-6-9-3-4-10-7/h7-9H,2-6H2,1H3. The number of hydrogen-bond donors (Lipinski definition) is 2. The Labute approximate surface area is 62.1 Å². The van der Waals surface area contributed by atoms with E-state index in [1.54, 1.807) is 0 Å². The zero-order chi connectivity index (χ0) is 7.23. The first-order chi connectivity index (χ1) is 4.93. The van der Waals surface area contributed by atoms with Gasteiger partial charge in [0.15, 0.2) is 0 Å². The molecule has 60 valence electrons. The summed E-state index contributed by atoms with van der Waals surface area (Å²) in [5, 5.41) is 6.53. The van der Waals surface area contributed by atoms with Crippen molar-refractivity contribution in [2.75, 3.05) is 32.8 Å². The average Bonchev–Trinajstić information content (AvgIpc) is 2.03. The van der Waals surface area contributed by atoms with Gasteiger partial charge < -0.3 is 15.4 Å². The van der Waals surface area contributed by atoms with Crippen LogP contribution in [0.3, 0.4) is 0 Å². The molecular weight excluding hydrogens is 128 g/mol. The fourth-order valence-electron chi connectivity index (χ4n) is 1.06. The molecule has 0 aromatic carbocycles. The number of ether oxygens (including phenoxy) is 1. The van der Waals surface area contributed by atoms with Crippen molar-refractivity contribution < 1.29 is 4.74 Å². The Kier molecular flexibility index (Phi) is 3.72. The molecule has 0 saturated carbocycles. The first kappa shape index (κ1) is 7.98. The topological polar surface area (TPSA) is 33.3 Å². The van der Waals surface area contributed by atoms with Crippen molar-refractivity contribution in [1.82, 2.24) is 10.6 Å². The van der Waals surface area contributed by atoms with E-state index in [9.17, 15) is 0 Å². The minimum absolute atomic E-state index is 0.383. The Bertz CT molecular complexity index is 81.7. The van der Waals surface area contributed by atoms with E-state index in [4.69, 9.17) is 4.74 Å². The minimum Gasteiger partial charge on any atom is -0.374 e. The van der Waals surface area contributed by atoms with Crippen LogP contribution in [0.1, 0.15) is 6.92 Å². The second-order valence-electron chi connectivity index (χ2n) is 2.50. The third-order valence-corrected chi connectivity index (χ3v) is 1.63. The van der Waals surface area contributed by atoms with E-state index in [0.29, 0.717) is 6.10 Å². The third-order valence-electron chi connectivity index (χ3n) is 1.63. The van der Waals surface area contributed by atoms with Gasteiger partial charge in [-0.05, 0) is 6.54 Å². The maximum absolute atomic E-state index is 5.46. The monoisotopic (exact) mass is 144 g/mol. The molecule has 1 heterocycles. The number of morpholine rings is 1. The molecule has 1 unspecified atom stereocenters. The van der Waals surface area contributed by atoms with Crippen LogP contribution in [-0.4, -0.2) is 38.9 Å². The quantitative estimate of drug-likeness (QED) is 0.564. The molecule has 0 aliphatic carbocycles. The van der Waals surface area contributed by atoms with Gasteiger partial charge in [-0.15, -0.1) is 0 Å². The van der Waals surface area contributed by atoms with Gasteiger partial charge in [-0.3, -0.25) is 0 Å². The van der Waals surface area contributed by atoms with Crippen molar-refractivity contribution in [2.24, 2.45) is 0 Å². The van der Waals surface area contributed by atoms with Gasteiger partial charge in [-0.2, -0.15) is 0 Å². The molecule has 0 bridgehead atoms. The van der Waals surface area contributed by atoms with Gasteiger partial charge in [0.2, 0.25) is 0 Å². The maximum Gasteiger partial charge on any atom is 0.0824 e. The van der Waals surface area contributed by atoms with Crippen LogP contribution in [-0.2, 0) is 4.74 Å².